The number of furan rings is 1. The van der Waals surface area contributed by atoms with Crippen LogP contribution >= 0.6 is 0 Å². The number of piperidine rings is 1. The number of carbonyl (C=O) groups is 1. The zero-order chi connectivity index (χ0) is 22.2. The predicted molar refractivity (Wildman–Crippen MR) is 120 cm³/mol. The summed E-state index contributed by atoms with van der Waals surface area (Å²) in [6.45, 7) is 5.13. The first-order valence-electron chi connectivity index (χ1n) is 10.4. The lowest BCUT2D eigenvalue weighted by atomic mass is 10.1. The lowest BCUT2D eigenvalue weighted by molar-refractivity contribution is 0.0566. The van der Waals surface area contributed by atoms with Gasteiger partial charge in [0.1, 0.15) is 17.4 Å². The highest BCUT2D eigenvalue weighted by Gasteiger charge is 2.30. The SMILES string of the molecule is Cc1ccc(C)c(OC2CCN(C(=O)c3oc4ccccc4c3CS(C)(=O)=O)CC2)c1. The number of sulfone groups is 1. The van der Waals surface area contributed by atoms with Crippen molar-refractivity contribution in [3.63, 3.8) is 0 Å². The zero-order valence-electron chi connectivity index (χ0n) is 18.1. The number of ether oxygens (including phenoxy) is 1. The Labute approximate surface area is 182 Å². The van der Waals surface area contributed by atoms with E-state index in [1.54, 1.807) is 23.1 Å². The Morgan fingerprint density at radius 2 is 1.84 bits per heavy atom. The Balaban J connectivity index is 1.50. The van der Waals surface area contributed by atoms with Crippen molar-refractivity contribution in [2.45, 2.75) is 38.5 Å². The number of hydrogen-bond donors (Lipinski definition) is 0. The molecule has 2 heterocycles. The Morgan fingerprint density at radius 3 is 2.55 bits per heavy atom. The second-order valence-electron chi connectivity index (χ2n) is 8.35. The van der Waals surface area contributed by atoms with Gasteiger partial charge in [0.05, 0.1) is 5.75 Å². The van der Waals surface area contributed by atoms with Crippen LogP contribution in [0.5, 0.6) is 5.75 Å². The van der Waals surface area contributed by atoms with Gasteiger partial charge in [0, 0.05) is 43.1 Å². The summed E-state index contributed by atoms with van der Waals surface area (Å²) in [6, 6.07) is 13.3. The number of amides is 1. The topological polar surface area (TPSA) is 76.8 Å². The average Bonchev–Trinajstić information content (AvgIpc) is 3.08. The minimum absolute atomic E-state index is 0.0377. The molecular weight excluding hydrogens is 414 g/mol. The summed E-state index contributed by atoms with van der Waals surface area (Å²) < 4.78 is 36.0. The van der Waals surface area contributed by atoms with Gasteiger partial charge in [-0.25, -0.2) is 8.42 Å². The van der Waals surface area contributed by atoms with Gasteiger partial charge in [0.15, 0.2) is 15.6 Å². The third-order valence-electron chi connectivity index (χ3n) is 5.67. The molecule has 0 bridgehead atoms. The monoisotopic (exact) mass is 441 g/mol. The first-order valence-corrected chi connectivity index (χ1v) is 12.5. The van der Waals surface area contributed by atoms with E-state index in [1.165, 1.54) is 6.26 Å². The van der Waals surface area contributed by atoms with Crippen molar-refractivity contribution in [2.24, 2.45) is 0 Å². The molecule has 4 rings (SSSR count). The Hall–Kier alpha value is -2.80. The first-order chi connectivity index (χ1) is 14.7. The van der Waals surface area contributed by atoms with E-state index in [0.29, 0.717) is 42.5 Å². The van der Waals surface area contributed by atoms with Crippen LogP contribution in [-0.4, -0.2) is 44.7 Å². The fourth-order valence-corrected chi connectivity index (χ4v) is 4.82. The van der Waals surface area contributed by atoms with Crippen molar-refractivity contribution in [1.29, 1.82) is 0 Å². The molecular formula is C24H27NO5S. The molecule has 3 aromatic rings. The normalized spacial score (nSPS) is 15.4. The molecule has 7 heteroatoms. The molecule has 1 amide bonds. The Bertz CT molecular complexity index is 1220. The number of nitrogens with zero attached hydrogens (tertiary/aromatic N) is 1. The van der Waals surface area contributed by atoms with Crippen molar-refractivity contribution in [3.8, 4) is 5.75 Å². The molecule has 2 aromatic carbocycles. The van der Waals surface area contributed by atoms with Crippen LogP contribution in [0.15, 0.2) is 46.9 Å². The van der Waals surface area contributed by atoms with Crippen molar-refractivity contribution < 1.29 is 22.4 Å². The molecule has 31 heavy (non-hydrogen) atoms. The van der Waals surface area contributed by atoms with Gasteiger partial charge in [0.2, 0.25) is 0 Å². The standard InChI is InChI=1S/C24H27NO5S/c1-16-8-9-17(2)22(14-16)29-18-10-12-25(13-11-18)24(26)23-20(15-31(3,27)28)19-6-4-5-7-21(19)30-23/h4-9,14,18H,10-13,15H2,1-3H3. The summed E-state index contributed by atoms with van der Waals surface area (Å²) in [5, 5.41) is 0.671. The number of carbonyl (C=O) groups excluding carboxylic acids is 1. The van der Waals surface area contributed by atoms with E-state index in [1.807, 2.05) is 32.0 Å². The molecule has 1 fully saturated rings. The van der Waals surface area contributed by atoms with E-state index in [4.69, 9.17) is 9.15 Å². The highest BCUT2D eigenvalue weighted by molar-refractivity contribution is 7.89. The van der Waals surface area contributed by atoms with Crippen LogP contribution in [0.25, 0.3) is 11.0 Å². The third-order valence-corrected chi connectivity index (χ3v) is 6.48. The Kier molecular flexibility index (Phi) is 5.79. The molecule has 1 saturated heterocycles. The number of hydrogen-bond acceptors (Lipinski definition) is 5. The zero-order valence-corrected chi connectivity index (χ0v) is 18.9. The number of aryl methyl sites for hydroxylation is 2. The summed E-state index contributed by atoms with van der Waals surface area (Å²) in [4.78, 5) is 15.0. The fourth-order valence-electron chi connectivity index (χ4n) is 4.01. The molecule has 6 nitrogen and oxygen atoms in total. The largest absolute Gasteiger partial charge is 0.490 e. The average molecular weight is 442 g/mol. The highest BCUT2D eigenvalue weighted by atomic mass is 32.2. The summed E-state index contributed by atoms with van der Waals surface area (Å²) in [6.07, 6.45) is 2.62. The van der Waals surface area contributed by atoms with Crippen molar-refractivity contribution in [1.82, 2.24) is 4.90 Å². The van der Waals surface area contributed by atoms with Crippen LogP contribution in [-0.2, 0) is 15.6 Å². The van der Waals surface area contributed by atoms with Crippen LogP contribution in [0.1, 0.15) is 40.1 Å². The van der Waals surface area contributed by atoms with E-state index in [0.717, 1.165) is 16.9 Å². The first kappa shape index (κ1) is 21.4. The molecule has 1 aliphatic heterocycles. The van der Waals surface area contributed by atoms with E-state index >= 15 is 0 Å². The minimum Gasteiger partial charge on any atom is -0.490 e. The quantitative estimate of drug-likeness (QED) is 0.591. The summed E-state index contributed by atoms with van der Waals surface area (Å²) >= 11 is 0. The molecule has 0 atom stereocenters. The molecule has 1 aromatic heterocycles. The highest BCUT2D eigenvalue weighted by Crippen LogP contribution is 2.30. The molecule has 0 aliphatic carbocycles. The molecule has 164 valence electrons. The molecule has 0 N–H and O–H groups in total. The summed E-state index contributed by atoms with van der Waals surface area (Å²) in [7, 11) is -3.33. The van der Waals surface area contributed by atoms with Crippen LogP contribution in [0.3, 0.4) is 0 Å². The van der Waals surface area contributed by atoms with Gasteiger partial charge >= 0.3 is 0 Å². The smallest absolute Gasteiger partial charge is 0.289 e. The number of benzene rings is 2. The van der Waals surface area contributed by atoms with Crippen molar-refractivity contribution in [2.75, 3.05) is 19.3 Å². The lowest BCUT2D eigenvalue weighted by Gasteiger charge is -2.32. The summed E-state index contributed by atoms with van der Waals surface area (Å²) in [5.41, 5.74) is 3.21. The van der Waals surface area contributed by atoms with Crippen LogP contribution < -0.4 is 4.74 Å². The molecule has 0 saturated carbocycles. The number of fused-ring (bicyclic) bond motifs is 1. The maximum Gasteiger partial charge on any atom is 0.289 e. The number of para-hydroxylation sites is 1. The van der Waals surface area contributed by atoms with Crippen LogP contribution in [0.4, 0.5) is 0 Å². The van der Waals surface area contributed by atoms with Gasteiger partial charge in [-0.1, -0.05) is 30.3 Å². The predicted octanol–water partition coefficient (Wildman–Crippen LogP) is 4.28. The van der Waals surface area contributed by atoms with Crippen LogP contribution in [0.2, 0.25) is 0 Å². The second kappa shape index (κ2) is 8.38. The summed E-state index contributed by atoms with van der Waals surface area (Å²) in [5.74, 6) is 0.523. The second-order valence-corrected chi connectivity index (χ2v) is 10.5. The molecule has 0 unspecified atom stereocenters. The van der Waals surface area contributed by atoms with Gasteiger partial charge in [0.25, 0.3) is 5.91 Å². The van der Waals surface area contributed by atoms with Crippen LogP contribution in [0, 0.1) is 13.8 Å². The van der Waals surface area contributed by atoms with Gasteiger partial charge in [-0.2, -0.15) is 0 Å². The van der Waals surface area contributed by atoms with E-state index in [-0.39, 0.29) is 23.5 Å². The van der Waals surface area contributed by atoms with Gasteiger partial charge in [-0.15, -0.1) is 0 Å². The molecule has 0 radical (unpaired) electrons. The lowest BCUT2D eigenvalue weighted by Crippen LogP contribution is -2.42. The maximum atomic E-state index is 13.2. The van der Waals surface area contributed by atoms with E-state index in [9.17, 15) is 13.2 Å². The number of rotatable bonds is 5. The van der Waals surface area contributed by atoms with Gasteiger partial charge in [-0.3, -0.25) is 4.79 Å². The van der Waals surface area contributed by atoms with E-state index < -0.39 is 9.84 Å². The van der Waals surface area contributed by atoms with E-state index in [2.05, 4.69) is 6.07 Å². The van der Waals surface area contributed by atoms with Crippen molar-refractivity contribution in [3.05, 3.63) is 64.9 Å². The molecule has 0 spiro atoms. The fraction of sp³-hybridized carbons (Fsp3) is 0.375. The van der Waals surface area contributed by atoms with Crippen molar-refractivity contribution >= 4 is 26.7 Å². The Morgan fingerprint density at radius 1 is 1.13 bits per heavy atom. The maximum absolute atomic E-state index is 13.2. The number of likely N-dealkylation sites (tertiary alicyclic amines) is 1. The van der Waals surface area contributed by atoms with Gasteiger partial charge < -0.3 is 14.1 Å². The third kappa shape index (κ3) is 4.77. The molecule has 1 aliphatic rings. The van der Waals surface area contributed by atoms with Gasteiger partial charge in [-0.05, 0) is 37.1 Å². The minimum atomic E-state index is -3.33.